The molecule has 114 valence electrons. The lowest BCUT2D eigenvalue weighted by molar-refractivity contribution is 0.462. The van der Waals surface area contributed by atoms with E-state index in [1.807, 2.05) is 31.3 Å². The summed E-state index contributed by atoms with van der Waals surface area (Å²) in [5.41, 5.74) is 1.14. The summed E-state index contributed by atoms with van der Waals surface area (Å²) in [4.78, 5) is 4.24. The first-order valence-corrected chi connectivity index (χ1v) is 8.21. The van der Waals surface area contributed by atoms with Gasteiger partial charge in [-0.2, -0.15) is 12.7 Å². The second-order valence-electron chi connectivity index (χ2n) is 4.77. The van der Waals surface area contributed by atoms with Crippen LogP contribution < -0.4 is 10.0 Å². The van der Waals surface area contributed by atoms with Crippen molar-refractivity contribution in [2.24, 2.45) is 0 Å². The van der Waals surface area contributed by atoms with Crippen molar-refractivity contribution < 1.29 is 8.42 Å². The number of benzene rings is 1. The van der Waals surface area contributed by atoms with Gasteiger partial charge in [-0.3, -0.25) is 9.71 Å². The molecule has 1 aromatic carbocycles. The standard InChI is InChI=1S/C14H20N4O2S/c1-15-9-5-11-18(2)21(19,20)17-13-8-3-6-12-7-4-10-16-14(12)13/h3-4,6-8,10,15,17H,5,9,11H2,1-2H3. The molecule has 0 atom stereocenters. The quantitative estimate of drug-likeness (QED) is 0.759. The summed E-state index contributed by atoms with van der Waals surface area (Å²) in [7, 11) is -0.162. The number of fused-ring (bicyclic) bond motifs is 1. The van der Waals surface area contributed by atoms with Crippen LogP contribution in [0.3, 0.4) is 0 Å². The third-order valence-electron chi connectivity index (χ3n) is 3.18. The van der Waals surface area contributed by atoms with Gasteiger partial charge in [0.1, 0.15) is 0 Å². The van der Waals surface area contributed by atoms with Crippen molar-refractivity contribution in [3.8, 4) is 0 Å². The highest BCUT2D eigenvalue weighted by Crippen LogP contribution is 2.22. The predicted octanol–water partition coefficient (Wildman–Crippen LogP) is 1.43. The minimum atomic E-state index is -3.57. The highest BCUT2D eigenvalue weighted by Gasteiger charge is 2.18. The van der Waals surface area contributed by atoms with Gasteiger partial charge in [0.2, 0.25) is 0 Å². The van der Waals surface area contributed by atoms with Crippen LogP contribution in [0.5, 0.6) is 0 Å². The molecule has 0 saturated carbocycles. The molecule has 0 aliphatic heterocycles. The van der Waals surface area contributed by atoms with Crippen molar-refractivity contribution in [2.45, 2.75) is 6.42 Å². The van der Waals surface area contributed by atoms with E-state index in [2.05, 4.69) is 15.0 Å². The molecule has 0 saturated heterocycles. The van der Waals surface area contributed by atoms with Gasteiger partial charge in [0, 0.05) is 25.2 Å². The molecular formula is C14H20N4O2S. The highest BCUT2D eigenvalue weighted by molar-refractivity contribution is 7.90. The van der Waals surface area contributed by atoms with E-state index in [-0.39, 0.29) is 0 Å². The number of nitrogens with zero attached hydrogens (tertiary/aromatic N) is 2. The van der Waals surface area contributed by atoms with E-state index in [0.717, 1.165) is 18.4 Å². The molecule has 1 heterocycles. The summed E-state index contributed by atoms with van der Waals surface area (Å²) in [5, 5.41) is 3.90. The molecule has 0 bridgehead atoms. The van der Waals surface area contributed by atoms with Crippen LogP contribution in [-0.4, -0.2) is 44.9 Å². The topological polar surface area (TPSA) is 74.3 Å². The number of aromatic nitrogens is 1. The maximum absolute atomic E-state index is 12.3. The van der Waals surface area contributed by atoms with Gasteiger partial charge in [0.05, 0.1) is 11.2 Å². The first-order chi connectivity index (χ1) is 10.0. The fraction of sp³-hybridized carbons (Fsp3) is 0.357. The summed E-state index contributed by atoms with van der Waals surface area (Å²) in [6, 6.07) is 9.15. The zero-order valence-corrected chi connectivity index (χ0v) is 13.0. The second-order valence-corrected chi connectivity index (χ2v) is 6.54. The minimum absolute atomic E-state index is 0.453. The van der Waals surface area contributed by atoms with Crippen molar-refractivity contribution in [1.29, 1.82) is 0 Å². The van der Waals surface area contributed by atoms with Crippen LogP contribution in [0.1, 0.15) is 6.42 Å². The van der Waals surface area contributed by atoms with E-state index in [4.69, 9.17) is 0 Å². The van der Waals surface area contributed by atoms with Crippen LogP contribution in [0.2, 0.25) is 0 Å². The largest absolute Gasteiger partial charge is 0.320 e. The van der Waals surface area contributed by atoms with E-state index in [1.165, 1.54) is 4.31 Å². The van der Waals surface area contributed by atoms with E-state index in [0.29, 0.717) is 17.7 Å². The molecule has 2 rings (SSSR count). The molecule has 0 spiro atoms. The minimum Gasteiger partial charge on any atom is -0.320 e. The molecular weight excluding hydrogens is 288 g/mol. The zero-order valence-electron chi connectivity index (χ0n) is 12.2. The number of hydrogen-bond donors (Lipinski definition) is 2. The van der Waals surface area contributed by atoms with E-state index < -0.39 is 10.2 Å². The molecule has 0 aliphatic rings. The average molecular weight is 308 g/mol. The molecule has 7 heteroatoms. The van der Waals surface area contributed by atoms with Crippen LogP contribution in [0.15, 0.2) is 36.5 Å². The molecule has 21 heavy (non-hydrogen) atoms. The lowest BCUT2D eigenvalue weighted by Crippen LogP contribution is -2.34. The monoisotopic (exact) mass is 308 g/mol. The van der Waals surface area contributed by atoms with Crippen molar-refractivity contribution in [1.82, 2.24) is 14.6 Å². The van der Waals surface area contributed by atoms with Crippen LogP contribution >= 0.6 is 0 Å². The Bertz CT molecular complexity index is 698. The number of rotatable bonds is 7. The summed E-state index contributed by atoms with van der Waals surface area (Å²) >= 11 is 0. The highest BCUT2D eigenvalue weighted by atomic mass is 32.2. The normalized spacial score (nSPS) is 12.0. The van der Waals surface area contributed by atoms with E-state index in [9.17, 15) is 8.42 Å². The van der Waals surface area contributed by atoms with E-state index >= 15 is 0 Å². The molecule has 0 fully saturated rings. The lowest BCUT2D eigenvalue weighted by Gasteiger charge is -2.18. The number of hydrogen-bond acceptors (Lipinski definition) is 4. The Kier molecular flexibility index (Phi) is 5.11. The van der Waals surface area contributed by atoms with Gasteiger partial charge in [-0.25, -0.2) is 0 Å². The van der Waals surface area contributed by atoms with Crippen LogP contribution in [0, 0.1) is 0 Å². The molecule has 2 N–H and O–H groups in total. The lowest BCUT2D eigenvalue weighted by atomic mass is 10.2. The molecule has 0 amide bonds. The summed E-state index contributed by atoms with van der Waals surface area (Å²) in [5.74, 6) is 0. The molecule has 2 aromatic rings. The summed E-state index contributed by atoms with van der Waals surface area (Å²) < 4.78 is 28.5. The van der Waals surface area contributed by atoms with Gasteiger partial charge in [-0.05, 0) is 32.1 Å². The zero-order chi connectivity index (χ0) is 15.3. The van der Waals surface area contributed by atoms with Crippen molar-refractivity contribution in [2.75, 3.05) is 31.9 Å². The van der Waals surface area contributed by atoms with Crippen molar-refractivity contribution in [3.05, 3.63) is 36.5 Å². The van der Waals surface area contributed by atoms with Gasteiger partial charge < -0.3 is 5.32 Å². The van der Waals surface area contributed by atoms with Gasteiger partial charge >= 0.3 is 10.2 Å². The fourth-order valence-electron chi connectivity index (χ4n) is 2.00. The van der Waals surface area contributed by atoms with Gasteiger partial charge in [0.25, 0.3) is 0 Å². The smallest absolute Gasteiger partial charge is 0.301 e. The second kappa shape index (κ2) is 6.84. The molecule has 6 nitrogen and oxygen atoms in total. The Hall–Kier alpha value is -1.70. The molecule has 0 radical (unpaired) electrons. The van der Waals surface area contributed by atoms with Crippen LogP contribution in [-0.2, 0) is 10.2 Å². The van der Waals surface area contributed by atoms with Gasteiger partial charge in [0.15, 0.2) is 0 Å². The summed E-state index contributed by atoms with van der Waals surface area (Å²) in [6.45, 7) is 1.23. The van der Waals surface area contributed by atoms with Crippen LogP contribution in [0.25, 0.3) is 10.9 Å². The average Bonchev–Trinajstić information content (AvgIpc) is 2.47. The Balaban J connectivity index is 2.19. The van der Waals surface area contributed by atoms with Crippen molar-refractivity contribution in [3.63, 3.8) is 0 Å². The van der Waals surface area contributed by atoms with Gasteiger partial charge in [-0.15, -0.1) is 0 Å². The third kappa shape index (κ3) is 3.90. The molecule has 0 aliphatic carbocycles. The number of para-hydroxylation sites is 1. The van der Waals surface area contributed by atoms with E-state index in [1.54, 1.807) is 19.3 Å². The Morgan fingerprint density at radius 2 is 2.00 bits per heavy atom. The number of nitrogens with one attached hydrogen (secondary N) is 2. The summed E-state index contributed by atoms with van der Waals surface area (Å²) in [6.07, 6.45) is 2.40. The number of anilines is 1. The van der Waals surface area contributed by atoms with Crippen molar-refractivity contribution >= 4 is 26.8 Å². The molecule has 1 aromatic heterocycles. The first kappa shape index (κ1) is 15.7. The maximum Gasteiger partial charge on any atom is 0.301 e. The predicted molar refractivity (Wildman–Crippen MR) is 85.5 cm³/mol. The van der Waals surface area contributed by atoms with Crippen LogP contribution in [0.4, 0.5) is 5.69 Å². The maximum atomic E-state index is 12.3. The SMILES string of the molecule is CNCCCN(C)S(=O)(=O)Nc1cccc2cccnc12. The fourth-order valence-corrected chi connectivity index (χ4v) is 2.97. The Morgan fingerprint density at radius 1 is 1.24 bits per heavy atom. The molecule has 0 unspecified atom stereocenters. The third-order valence-corrected chi connectivity index (χ3v) is 4.66. The number of pyridine rings is 1. The Labute approximate surface area is 125 Å². The first-order valence-electron chi connectivity index (χ1n) is 6.77. The van der Waals surface area contributed by atoms with Gasteiger partial charge in [-0.1, -0.05) is 18.2 Å². The Morgan fingerprint density at radius 3 is 2.76 bits per heavy atom.